The first-order valence-corrected chi connectivity index (χ1v) is 10.9. The maximum Gasteiger partial charge on any atom is 0.227 e. The fourth-order valence-corrected chi connectivity index (χ4v) is 5.14. The molecule has 0 unspecified atom stereocenters. The van der Waals surface area contributed by atoms with Gasteiger partial charge in [0.05, 0.1) is 13.0 Å². The van der Waals surface area contributed by atoms with Crippen LogP contribution >= 0.6 is 34.3 Å². The Bertz CT molecular complexity index is 893. The quantitative estimate of drug-likeness (QED) is 0.649. The predicted molar refractivity (Wildman–Crippen MR) is 109 cm³/mol. The van der Waals surface area contributed by atoms with Gasteiger partial charge in [-0.25, -0.2) is 4.98 Å². The number of aromatic nitrogens is 1. The molecule has 3 aromatic rings. The smallest absolute Gasteiger partial charge is 0.227 e. The number of nitrogens with zero attached hydrogens (tertiary/aromatic N) is 3. The zero-order valence-electron chi connectivity index (χ0n) is 14.4. The lowest BCUT2D eigenvalue weighted by atomic mass is 10.1. The van der Waals surface area contributed by atoms with Crippen LogP contribution in [0, 0.1) is 0 Å². The topological polar surface area (TPSA) is 36.4 Å². The minimum Gasteiger partial charge on any atom is -0.341 e. The molecule has 0 saturated carbocycles. The van der Waals surface area contributed by atoms with E-state index in [2.05, 4.69) is 15.3 Å². The van der Waals surface area contributed by atoms with Crippen LogP contribution in [0.25, 0.3) is 10.1 Å². The van der Waals surface area contributed by atoms with E-state index in [1.165, 1.54) is 4.70 Å². The lowest BCUT2D eigenvalue weighted by Crippen LogP contribution is -2.36. The summed E-state index contributed by atoms with van der Waals surface area (Å²) in [5, 5.41) is 7.07. The van der Waals surface area contributed by atoms with Crippen molar-refractivity contribution in [2.75, 3.05) is 26.2 Å². The van der Waals surface area contributed by atoms with Gasteiger partial charge in [0.25, 0.3) is 0 Å². The van der Waals surface area contributed by atoms with Gasteiger partial charge in [-0.3, -0.25) is 9.69 Å². The number of thiazole rings is 1. The third-order valence-electron chi connectivity index (χ3n) is 4.74. The zero-order chi connectivity index (χ0) is 17.9. The highest BCUT2D eigenvalue weighted by atomic mass is 35.5. The van der Waals surface area contributed by atoms with Crippen LogP contribution in [0.15, 0.2) is 35.2 Å². The van der Waals surface area contributed by atoms with Crippen LogP contribution in [0.1, 0.15) is 17.0 Å². The molecule has 3 heterocycles. The van der Waals surface area contributed by atoms with Crippen molar-refractivity contribution in [3.8, 4) is 0 Å². The number of rotatable bonds is 4. The Labute approximate surface area is 166 Å². The molecule has 7 heteroatoms. The van der Waals surface area contributed by atoms with Gasteiger partial charge in [-0.1, -0.05) is 11.6 Å². The van der Waals surface area contributed by atoms with Gasteiger partial charge in [-0.2, -0.15) is 0 Å². The molecule has 1 aliphatic rings. The van der Waals surface area contributed by atoms with E-state index in [9.17, 15) is 4.79 Å². The third-order valence-corrected chi connectivity index (χ3v) is 6.75. The minimum absolute atomic E-state index is 0.209. The molecule has 1 aliphatic heterocycles. The molecule has 4 rings (SSSR count). The maximum atomic E-state index is 12.8. The summed E-state index contributed by atoms with van der Waals surface area (Å²) in [4.78, 5) is 21.6. The molecule has 0 aliphatic carbocycles. The number of hydrogen-bond acceptors (Lipinski definition) is 5. The van der Waals surface area contributed by atoms with E-state index in [1.807, 2.05) is 34.7 Å². The zero-order valence-corrected chi connectivity index (χ0v) is 16.7. The van der Waals surface area contributed by atoms with Crippen molar-refractivity contribution in [1.29, 1.82) is 0 Å². The summed E-state index contributed by atoms with van der Waals surface area (Å²) >= 11 is 9.50. The molecule has 1 aromatic carbocycles. The molecular formula is C19H20ClN3OS2. The van der Waals surface area contributed by atoms with E-state index >= 15 is 0 Å². The van der Waals surface area contributed by atoms with Crippen molar-refractivity contribution >= 4 is 50.3 Å². The molecule has 26 heavy (non-hydrogen) atoms. The van der Waals surface area contributed by atoms with Crippen molar-refractivity contribution in [3.05, 3.63) is 50.7 Å². The van der Waals surface area contributed by atoms with Crippen molar-refractivity contribution in [2.24, 2.45) is 0 Å². The highest BCUT2D eigenvalue weighted by molar-refractivity contribution is 7.17. The van der Waals surface area contributed by atoms with Crippen molar-refractivity contribution in [3.63, 3.8) is 0 Å². The molecule has 2 aromatic heterocycles. The first-order chi connectivity index (χ1) is 12.7. The molecule has 1 amide bonds. The highest BCUT2D eigenvalue weighted by Gasteiger charge is 2.20. The molecule has 1 saturated heterocycles. The highest BCUT2D eigenvalue weighted by Crippen LogP contribution is 2.29. The van der Waals surface area contributed by atoms with Crippen molar-refractivity contribution < 1.29 is 4.79 Å². The first-order valence-electron chi connectivity index (χ1n) is 8.73. The number of fused-ring (bicyclic) bond motifs is 1. The number of carbonyl (C=O) groups is 1. The molecule has 4 nitrogen and oxygen atoms in total. The van der Waals surface area contributed by atoms with E-state index in [0.29, 0.717) is 6.42 Å². The summed E-state index contributed by atoms with van der Waals surface area (Å²) in [6.07, 6.45) is 3.31. The lowest BCUT2D eigenvalue weighted by molar-refractivity contribution is -0.130. The van der Waals surface area contributed by atoms with Crippen LogP contribution in [-0.4, -0.2) is 46.9 Å². The first kappa shape index (κ1) is 17.9. The number of carbonyl (C=O) groups excluding carboxylic acids is 1. The fourth-order valence-electron chi connectivity index (χ4n) is 3.37. The largest absolute Gasteiger partial charge is 0.341 e. The van der Waals surface area contributed by atoms with Gasteiger partial charge in [-0.05, 0) is 40.9 Å². The van der Waals surface area contributed by atoms with Gasteiger partial charge in [0.2, 0.25) is 5.91 Å². The summed E-state index contributed by atoms with van der Waals surface area (Å²) in [7, 11) is 0. The molecule has 136 valence electrons. The summed E-state index contributed by atoms with van der Waals surface area (Å²) in [5.74, 6) is 0.209. The normalized spacial score (nSPS) is 16.1. The Balaban J connectivity index is 1.39. The Morgan fingerprint density at radius 1 is 1.19 bits per heavy atom. The standard InChI is InChI=1S/C19H20ClN3OS2/c20-15-2-3-17-16(11-15)14(13-26-17)10-19(24)23-6-1-5-22(7-8-23)12-18-21-4-9-25-18/h2-4,9,11,13H,1,5-8,10,12H2. The second-order valence-corrected chi connectivity index (χ2v) is 8.84. The van der Waals surface area contributed by atoms with Crippen LogP contribution in [0.3, 0.4) is 0 Å². The molecule has 0 atom stereocenters. The lowest BCUT2D eigenvalue weighted by Gasteiger charge is -2.21. The summed E-state index contributed by atoms with van der Waals surface area (Å²) in [5.41, 5.74) is 1.08. The fraction of sp³-hybridized carbons (Fsp3) is 0.368. The van der Waals surface area contributed by atoms with Gasteiger partial charge in [0, 0.05) is 47.5 Å². The predicted octanol–water partition coefficient (Wildman–Crippen LogP) is 4.29. The van der Waals surface area contributed by atoms with Crippen LogP contribution < -0.4 is 0 Å². The molecular weight excluding hydrogens is 386 g/mol. The minimum atomic E-state index is 0.209. The molecule has 1 fully saturated rings. The van der Waals surface area contributed by atoms with Gasteiger partial charge in [0.1, 0.15) is 5.01 Å². The number of halogens is 1. The van der Waals surface area contributed by atoms with Gasteiger partial charge in [-0.15, -0.1) is 22.7 Å². The van der Waals surface area contributed by atoms with Gasteiger partial charge < -0.3 is 4.90 Å². The molecule has 0 spiro atoms. The van der Waals surface area contributed by atoms with Crippen LogP contribution in [0.2, 0.25) is 5.02 Å². The van der Waals surface area contributed by atoms with E-state index < -0.39 is 0 Å². The van der Waals surface area contributed by atoms with E-state index in [1.54, 1.807) is 22.7 Å². The van der Waals surface area contributed by atoms with E-state index in [0.717, 1.165) is 60.1 Å². The number of amides is 1. The van der Waals surface area contributed by atoms with Crippen LogP contribution in [0.4, 0.5) is 0 Å². The Kier molecular flexibility index (Phi) is 5.55. The number of hydrogen-bond donors (Lipinski definition) is 0. The molecule has 0 N–H and O–H groups in total. The summed E-state index contributed by atoms with van der Waals surface area (Å²) in [6, 6.07) is 5.89. The Hall–Kier alpha value is -1.47. The van der Waals surface area contributed by atoms with E-state index in [-0.39, 0.29) is 5.91 Å². The maximum absolute atomic E-state index is 12.8. The number of benzene rings is 1. The molecule has 0 bridgehead atoms. The van der Waals surface area contributed by atoms with Crippen molar-refractivity contribution in [1.82, 2.24) is 14.8 Å². The average molecular weight is 406 g/mol. The van der Waals surface area contributed by atoms with Crippen molar-refractivity contribution in [2.45, 2.75) is 19.4 Å². The second kappa shape index (κ2) is 8.05. The SMILES string of the molecule is O=C(Cc1csc2ccc(Cl)cc12)N1CCCN(Cc2nccs2)CC1. The monoisotopic (exact) mass is 405 g/mol. The third kappa shape index (κ3) is 4.09. The summed E-state index contributed by atoms with van der Waals surface area (Å²) in [6.45, 7) is 4.41. The number of thiophene rings is 1. The van der Waals surface area contributed by atoms with Gasteiger partial charge >= 0.3 is 0 Å². The van der Waals surface area contributed by atoms with Gasteiger partial charge in [0.15, 0.2) is 0 Å². The summed E-state index contributed by atoms with van der Waals surface area (Å²) < 4.78 is 1.18. The Morgan fingerprint density at radius 3 is 2.96 bits per heavy atom. The van der Waals surface area contributed by atoms with E-state index in [4.69, 9.17) is 11.6 Å². The second-order valence-electron chi connectivity index (χ2n) is 6.51. The Morgan fingerprint density at radius 2 is 2.12 bits per heavy atom. The average Bonchev–Trinajstić information content (AvgIpc) is 3.21. The molecule has 0 radical (unpaired) electrons. The van der Waals surface area contributed by atoms with Crippen LogP contribution in [-0.2, 0) is 17.8 Å². The van der Waals surface area contributed by atoms with Crippen LogP contribution in [0.5, 0.6) is 0 Å².